The van der Waals surface area contributed by atoms with E-state index in [1.165, 1.54) is 55.5 Å². The Bertz CT molecular complexity index is 1570. The van der Waals surface area contributed by atoms with Crippen LogP contribution in [-0.2, 0) is 28.5 Å². The molecule has 0 amide bonds. The first-order valence-electron chi connectivity index (χ1n) is 12.8. The van der Waals surface area contributed by atoms with Crippen molar-refractivity contribution < 1.29 is 31.4 Å². The molecule has 0 aliphatic rings. The predicted molar refractivity (Wildman–Crippen MR) is 152 cm³/mol. The number of anilines is 1. The lowest BCUT2D eigenvalue weighted by molar-refractivity contribution is -0.192. The summed E-state index contributed by atoms with van der Waals surface area (Å²) in [7, 11) is -5.01. The van der Waals surface area contributed by atoms with Crippen LogP contribution in [0.3, 0.4) is 0 Å². The number of primary sulfonamides is 1. The van der Waals surface area contributed by atoms with Crippen LogP contribution < -0.4 is 15.6 Å². The van der Waals surface area contributed by atoms with Crippen LogP contribution in [0, 0.1) is 0 Å². The maximum absolute atomic E-state index is 15.7. The molecule has 41 heavy (non-hydrogen) atoms. The molecule has 3 unspecified atom stereocenters. The second-order valence-electron chi connectivity index (χ2n) is 9.90. The van der Waals surface area contributed by atoms with Crippen molar-refractivity contribution in [2.24, 2.45) is 5.14 Å². The molecule has 216 valence electrons. The van der Waals surface area contributed by atoms with Gasteiger partial charge in [0.25, 0.3) is 0 Å². The Balaban J connectivity index is 2.08. The van der Waals surface area contributed by atoms with Crippen molar-refractivity contribution in [1.82, 2.24) is 0 Å². The molecule has 0 aromatic heterocycles. The Morgan fingerprint density at radius 3 is 1.83 bits per heavy atom. The van der Waals surface area contributed by atoms with E-state index in [1.54, 1.807) is 54.6 Å². The van der Waals surface area contributed by atoms with Crippen LogP contribution in [0.5, 0.6) is 5.75 Å². The minimum absolute atomic E-state index is 0.0281. The van der Waals surface area contributed by atoms with Crippen molar-refractivity contribution in [3.63, 3.8) is 0 Å². The van der Waals surface area contributed by atoms with E-state index in [4.69, 9.17) is 15.6 Å². The third-order valence-corrected chi connectivity index (χ3v) is 8.40. The van der Waals surface area contributed by atoms with Gasteiger partial charge in [-0.3, -0.25) is 0 Å². The molecule has 0 saturated carbocycles. The first kappa shape index (κ1) is 30.1. The smallest absolute Gasteiger partial charge is 0.400 e. The number of halogens is 3. The second-order valence-corrected chi connectivity index (χ2v) is 11.6. The second kappa shape index (κ2) is 11.9. The summed E-state index contributed by atoms with van der Waals surface area (Å²) in [5.41, 5.74) is 3.37. The summed E-state index contributed by atoms with van der Waals surface area (Å²) in [6.07, 6.45) is -7.16. The number of benzene rings is 4. The van der Waals surface area contributed by atoms with Crippen LogP contribution in [0.1, 0.15) is 46.1 Å². The normalized spacial score (nSPS) is 15.1. The van der Waals surface area contributed by atoms with E-state index >= 15 is 13.2 Å². The topological polar surface area (TPSA) is 116 Å². The highest BCUT2D eigenvalue weighted by molar-refractivity contribution is 7.89. The average Bonchev–Trinajstić information content (AvgIpc) is 2.92. The SMILES string of the molecule is CC(O)c1c(N)ccc(C(C(Cc2ccccc2)(c2ccccc2)C(F)(F)F)S(N)(=O)=O)c1OCc1ccccc1. The molecule has 3 atom stereocenters. The van der Waals surface area contributed by atoms with E-state index in [0.717, 1.165) is 0 Å². The Hall–Kier alpha value is -3.86. The first-order chi connectivity index (χ1) is 19.4. The zero-order chi connectivity index (χ0) is 29.8. The van der Waals surface area contributed by atoms with Crippen LogP contribution in [0.25, 0.3) is 0 Å². The first-order valence-corrected chi connectivity index (χ1v) is 14.4. The van der Waals surface area contributed by atoms with Gasteiger partial charge in [-0.05, 0) is 36.1 Å². The molecule has 0 radical (unpaired) electrons. The Morgan fingerprint density at radius 2 is 1.34 bits per heavy atom. The maximum Gasteiger partial charge on any atom is 0.400 e. The molecule has 10 heteroatoms. The van der Waals surface area contributed by atoms with Crippen LogP contribution in [0.2, 0.25) is 0 Å². The van der Waals surface area contributed by atoms with Crippen molar-refractivity contribution in [3.8, 4) is 5.75 Å². The van der Waals surface area contributed by atoms with Crippen LogP contribution in [-0.4, -0.2) is 19.7 Å². The lowest BCUT2D eigenvalue weighted by atomic mass is 9.69. The highest BCUT2D eigenvalue weighted by atomic mass is 32.2. The van der Waals surface area contributed by atoms with Gasteiger partial charge < -0.3 is 15.6 Å². The molecule has 0 saturated heterocycles. The van der Waals surface area contributed by atoms with Gasteiger partial charge in [0.15, 0.2) is 0 Å². The Morgan fingerprint density at radius 1 is 0.829 bits per heavy atom. The van der Waals surface area contributed by atoms with Crippen molar-refractivity contribution in [2.75, 3.05) is 5.73 Å². The number of ether oxygens (including phenoxy) is 1. The number of hydrogen-bond donors (Lipinski definition) is 3. The quantitative estimate of drug-likeness (QED) is 0.199. The summed E-state index contributed by atoms with van der Waals surface area (Å²) in [5, 5.41) is 14.0. The number of rotatable bonds is 10. The standard InChI is InChI=1S/C31H31F3N2O4S/c1-21(37)27-26(35)18-17-25(28(27)40-20-23-13-7-3-8-14-23)29(41(36,38)39)30(31(32,33)34,24-15-9-4-10-16-24)19-22-11-5-2-6-12-22/h2-18,21,29,37H,19-20,35H2,1H3,(H2,36,38,39). The van der Waals surface area contributed by atoms with Gasteiger partial charge in [-0.1, -0.05) is 97.1 Å². The fourth-order valence-corrected chi connectivity index (χ4v) is 6.75. The summed E-state index contributed by atoms with van der Waals surface area (Å²) in [6.45, 7) is 1.24. The largest absolute Gasteiger partial charge is 0.488 e. The van der Waals surface area contributed by atoms with E-state index in [-0.39, 0.29) is 40.3 Å². The van der Waals surface area contributed by atoms with Crippen molar-refractivity contribution >= 4 is 15.7 Å². The molecular formula is C31H31F3N2O4S. The summed E-state index contributed by atoms with van der Waals surface area (Å²) < 4.78 is 80.2. The molecule has 0 bridgehead atoms. The molecule has 0 aliphatic heterocycles. The summed E-state index contributed by atoms with van der Waals surface area (Å²) in [6, 6.07) is 25.9. The lowest BCUT2D eigenvalue weighted by Gasteiger charge is -2.42. The van der Waals surface area contributed by atoms with E-state index < -0.39 is 39.4 Å². The predicted octanol–water partition coefficient (Wildman–Crippen LogP) is 5.97. The highest BCUT2D eigenvalue weighted by Crippen LogP contribution is 2.56. The van der Waals surface area contributed by atoms with Crippen LogP contribution in [0.4, 0.5) is 18.9 Å². The molecule has 5 N–H and O–H groups in total. The summed E-state index contributed by atoms with van der Waals surface area (Å²) in [4.78, 5) is 0. The molecule has 4 aromatic carbocycles. The maximum atomic E-state index is 15.7. The molecule has 4 aromatic rings. The van der Waals surface area contributed by atoms with Crippen molar-refractivity contribution in [2.45, 2.75) is 42.9 Å². The van der Waals surface area contributed by atoms with E-state index in [9.17, 15) is 13.5 Å². The number of nitrogens with two attached hydrogens (primary N) is 2. The number of hydrogen-bond acceptors (Lipinski definition) is 5. The zero-order valence-corrected chi connectivity index (χ0v) is 23.1. The van der Waals surface area contributed by atoms with E-state index in [0.29, 0.717) is 5.56 Å². The highest BCUT2D eigenvalue weighted by Gasteiger charge is 2.64. The number of aliphatic hydroxyl groups is 1. The van der Waals surface area contributed by atoms with Gasteiger partial charge in [-0.2, -0.15) is 13.2 Å². The van der Waals surface area contributed by atoms with Gasteiger partial charge in [0.2, 0.25) is 10.0 Å². The average molecular weight is 585 g/mol. The fourth-order valence-electron chi connectivity index (χ4n) is 5.29. The minimum atomic E-state index is -5.12. The Kier molecular flexibility index (Phi) is 8.77. The number of aliphatic hydroxyl groups excluding tert-OH is 1. The third kappa shape index (κ3) is 6.24. The zero-order valence-electron chi connectivity index (χ0n) is 22.3. The van der Waals surface area contributed by atoms with Gasteiger partial charge in [0.05, 0.1) is 6.10 Å². The van der Waals surface area contributed by atoms with Gasteiger partial charge in [-0.25, -0.2) is 13.6 Å². The van der Waals surface area contributed by atoms with Gasteiger partial charge in [0, 0.05) is 16.8 Å². The van der Waals surface area contributed by atoms with Crippen LogP contribution in [0.15, 0.2) is 103 Å². The van der Waals surface area contributed by atoms with Crippen LogP contribution >= 0.6 is 0 Å². The van der Waals surface area contributed by atoms with Gasteiger partial charge >= 0.3 is 6.18 Å². The molecule has 0 aliphatic carbocycles. The van der Waals surface area contributed by atoms with Gasteiger partial charge in [0.1, 0.15) is 23.0 Å². The third-order valence-electron chi connectivity index (χ3n) is 7.08. The van der Waals surface area contributed by atoms with E-state index in [1.807, 2.05) is 0 Å². The summed E-state index contributed by atoms with van der Waals surface area (Å²) >= 11 is 0. The minimum Gasteiger partial charge on any atom is -0.488 e. The number of sulfonamides is 1. The molecule has 4 rings (SSSR count). The monoisotopic (exact) mass is 584 g/mol. The van der Waals surface area contributed by atoms with E-state index in [2.05, 4.69) is 0 Å². The fraction of sp³-hybridized carbons (Fsp3) is 0.226. The van der Waals surface area contributed by atoms with Gasteiger partial charge in [-0.15, -0.1) is 0 Å². The molecule has 0 heterocycles. The number of alkyl halides is 3. The summed E-state index contributed by atoms with van der Waals surface area (Å²) in [5.74, 6) is -0.263. The molecule has 6 nitrogen and oxygen atoms in total. The molecule has 0 spiro atoms. The lowest BCUT2D eigenvalue weighted by Crippen LogP contribution is -2.53. The Labute approximate surface area is 237 Å². The number of nitrogen functional groups attached to an aromatic ring is 1. The van der Waals surface area contributed by atoms with Crippen molar-refractivity contribution in [3.05, 3.63) is 131 Å². The molecule has 0 fully saturated rings. The molecular weight excluding hydrogens is 553 g/mol. The van der Waals surface area contributed by atoms with Crippen molar-refractivity contribution in [1.29, 1.82) is 0 Å².